The van der Waals surface area contributed by atoms with Gasteiger partial charge in [0.2, 0.25) is 0 Å². The highest BCUT2D eigenvalue weighted by Crippen LogP contribution is 2.34. The second-order valence-corrected chi connectivity index (χ2v) is 11.4. The average Bonchev–Trinajstić information content (AvgIpc) is 2.94. The zero-order chi connectivity index (χ0) is 26.7. The molecule has 0 bridgehead atoms. The van der Waals surface area contributed by atoms with Crippen molar-refractivity contribution in [3.8, 4) is 5.75 Å². The zero-order valence-corrected chi connectivity index (χ0v) is 23.7. The van der Waals surface area contributed by atoms with E-state index in [4.69, 9.17) is 4.84 Å². The molecule has 3 aromatic rings. The number of carbonyl (C=O) groups is 1. The number of aromatic hydroxyl groups is 1. The van der Waals surface area contributed by atoms with Crippen LogP contribution in [-0.4, -0.2) is 69.8 Å². The zero-order valence-electron chi connectivity index (χ0n) is 22.1. The molecule has 200 valence electrons. The van der Waals surface area contributed by atoms with Crippen molar-refractivity contribution in [2.45, 2.75) is 45.1 Å². The lowest BCUT2D eigenvalue weighted by molar-refractivity contribution is 0.0159. The number of amides is 1. The number of likely N-dealkylation sites (tertiary alicyclic amines) is 2. The molecule has 2 saturated heterocycles. The molecule has 2 fully saturated rings. The molecule has 2 aliphatic heterocycles. The van der Waals surface area contributed by atoms with Crippen LogP contribution in [0.5, 0.6) is 5.75 Å². The fourth-order valence-corrected chi connectivity index (χ4v) is 6.01. The third-order valence-electron chi connectivity index (χ3n) is 8.12. The maximum Gasteiger partial charge on any atom is 0.272 e. The predicted molar refractivity (Wildman–Crippen MR) is 154 cm³/mol. The van der Waals surface area contributed by atoms with Crippen molar-refractivity contribution in [2.24, 2.45) is 11.1 Å². The number of hydrogen-bond acceptors (Lipinski definition) is 6. The maximum absolute atomic E-state index is 13.3. The van der Waals surface area contributed by atoms with Gasteiger partial charge in [-0.25, -0.2) is 4.98 Å². The van der Waals surface area contributed by atoms with Gasteiger partial charge in [-0.3, -0.25) is 9.69 Å². The van der Waals surface area contributed by atoms with Gasteiger partial charge in [-0.15, -0.1) is 0 Å². The lowest BCUT2D eigenvalue weighted by atomic mass is 9.82. The molecule has 5 rings (SSSR count). The van der Waals surface area contributed by atoms with E-state index in [0.717, 1.165) is 54.5 Å². The van der Waals surface area contributed by atoms with Gasteiger partial charge in [0, 0.05) is 40.5 Å². The Bertz CT molecular complexity index is 1310. The first kappa shape index (κ1) is 26.6. The second-order valence-electron chi connectivity index (χ2n) is 10.5. The van der Waals surface area contributed by atoms with Crippen molar-refractivity contribution < 1.29 is 14.7 Å². The SMILES string of the molecule is CCON=C(c1ccc(Br)cc1)C1CCN(C2(C)CCN(C(=O)c3cc(O)c4ccccc4n3)CC2)CC1. The summed E-state index contributed by atoms with van der Waals surface area (Å²) in [6.07, 6.45) is 3.88. The van der Waals surface area contributed by atoms with Gasteiger partial charge in [-0.1, -0.05) is 45.4 Å². The minimum absolute atomic E-state index is 0.0511. The van der Waals surface area contributed by atoms with Crippen LogP contribution < -0.4 is 0 Å². The van der Waals surface area contributed by atoms with E-state index >= 15 is 0 Å². The van der Waals surface area contributed by atoms with Crippen molar-refractivity contribution in [2.75, 3.05) is 32.8 Å². The molecule has 8 heteroatoms. The van der Waals surface area contributed by atoms with Crippen LogP contribution in [-0.2, 0) is 4.84 Å². The summed E-state index contributed by atoms with van der Waals surface area (Å²) >= 11 is 3.52. The van der Waals surface area contributed by atoms with Crippen LogP contribution >= 0.6 is 15.9 Å². The first-order chi connectivity index (χ1) is 18.4. The summed E-state index contributed by atoms with van der Waals surface area (Å²) in [5.41, 5.74) is 3.15. The summed E-state index contributed by atoms with van der Waals surface area (Å²) in [7, 11) is 0. The van der Waals surface area contributed by atoms with Crippen LogP contribution in [0.15, 0.2) is 64.2 Å². The molecule has 1 aromatic heterocycles. The van der Waals surface area contributed by atoms with Gasteiger partial charge in [0.15, 0.2) is 0 Å². The van der Waals surface area contributed by atoms with E-state index in [1.165, 1.54) is 6.07 Å². The molecule has 38 heavy (non-hydrogen) atoms. The average molecular weight is 580 g/mol. The van der Waals surface area contributed by atoms with Crippen molar-refractivity contribution >= 4 is 38.5 Å². The Kier molecular flexibility index (Phi) is 8.00. The number of hydrogen-bond donors (Lipinski definition) is 1. The summed E-state index contributed by atoms with van der Waals surface area (Å²) in [6, 6.07) is 17.2. The highest BCUT2D eigenvalue weighted by Gasteiger charge is 2.39. The molecular weight excluding hydrogens is 544 g/mol. The van der Waals surface area contributed by atoms with Crippen LogP contribution in [0, 0.1) is 5.92 Å². The molecule has 3 heterocycles. The lowest BCUT2D eigenvalue weighted by Gasteiger charge is -2.49. The van der Waals surface area contributed by atoms with Crippen molar-refractivity contribution in [3.05, 3.63) is 70.3 Å². The van der Waals surface area contributed by atoms with Gasteiger partial charge >= 0.3 is 0 Å². The summed E-state index contributed by atoms with van der Waals surface area (Å²) in [5, 5.41) is 15.6. The van der Waals surface area contributed by atoms with Crippen molar-refractivity contribution in [1.29, 1.82) is 0 Å². The number of para-hydroxylation sites is 1. The minimum atomic E-state index is -0.113. The van der Waals surface area contributed by atoms with Crippen molar-refractivity contribution in [3.63, 3.8) is 0 Å². The molecule has 0 unspecified atom stereocenters. The van der Waals surface area contributed by atoms with Gasteiger partial charge in [0.1, 0.15) is 18.1 Å². The first-order valence-electron chi connectivity index (χ1n) is 13.5. The molecule has 1 N–H and O–H groups in total. The summed E-state index contributed by atoms with van der Waals surface area (Å²) in [5.74, 6) is 0.341. The molecule has 7 nitrogen and oxygen atoms in total. The lowest BCUT2D eigenvalue weighted by Crippen LogP contribution is -2.56. The minimum Gasteiger partial charge on any atom is -0.507 e. The molecular formula is C30H35BrN4O3. The summed E-state index contributed by atoms with van der Waals surface area (Å²) < 4.78 is 1.05. The standard InChI is InChI=1S/C30H35BrN4O3/c1-3-38-33-28(21-8-10-23(31)11-9-21)22-12-16-35(17-13-22)30(2)14-18-34(19-15-30)29(37)26-20-27(36)24-6-4-5-7-25(24)32-26/h4-11,20,22H,3,12-19H2,1-2H3,(H,32,36). The number of carbonyl (C=O) groups excluding carboxylic acids is 1. The van der Waals surface area contributed by atoms with E-state index in [2.05, 4.69) is 62.2 Å². The van der Waals surface area contributed by atoms with E-state index in [-0.39, 0.29) is 17.2 Å². The number of oxime groups is 1. The van der Waals surface area contributed by atoms with Crippen molar-refractivity contribution in [1.82, 2.24) is 14.8 Å². The molecule has 1 amide bonds. The Balaban J connectivity index is 1.21. The first-order valence-corrected chi connectivity index (χ1v) is 14.3. The summed E-state index contributed by atoms with van der Waals surface area (Å²) in [6.45, 7) is 8.20. The Morgan fingerprint density at radius 2 is 1.79 bits per heavy atom. The Morgan fingerprint density at radius 3 is 2.47 bits per heavy atom. The van der Waals surface area contributed by atoms with Gasteiger partial charge in [-0.05, 0) is 82.4 Å². The Hall–Kier alpha value is -2.97. The fourth-order valence-electron chi connectivity index (χ4n) is 5.75. The largest absolute Gasteiger partial charge is 0.507 e. The number of pyridine rings is 1. The molecule has 0 saturated carbocycles. The smallest absolute Gasteiger partial charge is 0.272 e. The molecule has 0 atom stereocenters. The van der Waals surface area contributed by atoms with Crippen LogP contribution in [0.25, 0.3) is 10.9 Å². The number of piperidine rings is 2. The van der Waals surface area contributed by atoms with Gasteiger partial charge in [0.05, 0.1) is 11.2 Å². The van der Waals surface area contributed by atoms with Crippen LogP contribution in [0.3, 0.4) is 0 Å². The van der Waals surface area contributed by atoms with E-state index < -0.39 is 0 Å². The molecule has 0 spiro atoms. The normalized spacial score (nSPS) is 19.0. The molecule has 0 aliphatic carbocycles. The Labute approximate surface area is 232 Å². The van der Waals surface area contributed by atoms with E-state index in [0.29, 0.717) is 42.2 Å². The third kappa shape index (κ3) is 5.57. The van der Waals surface area contributed by atoms with Crippen LogP contribution in [0.2, 0.25) is 0 Å². The van der Waals surface area contributed by atoms with Gasteiger partial charge < -0.3 is 14.8 Å². The third-order valence-corrected chi connectivity index (χ3v) is 8.65. The highest BCUT2D eigenvalue weighted by molar-refractivity contribution is 9.10. The molecule has 2 aliphatic rings. The number of aromatic nitrogens is 1. The molecule has 2 aromatic carbocycles. The number of nitrogens with zero attached hydrogens (tertiary/aromatic N) is 4. The summed E-state index contributed by atoms with van der Waals surface area (Å²) in [4.78, 5) is 27.8. The number of rotatable bonds is 6. The number of fused-ring (bicyclic) bond motifs is 1. The highest BCUT2D eigenvalue weighted by atomic mass is 79.9. The van der Waals surface area contributed by atoms with Crippen LogP contribution in [0.4, 0.5) is 0 Å². The number of halogens is 1. The van der Waals surface area contributed by atoms with Crippen LogP contribution in [0.1, 0.15) is 55.6 Å². The van der Waals surface area contributed by atoms with E-state index in [1.807, 2.05) is 36.1 Å². The van der Waals surface area contributed by atoms with Gasteiger partial charge in [0.25, 0.3) is 5.91 Å². The predicted octanol–water partition coefficient (Wildman–Crippen LogP) is 5.85. The second kappa shape index (κ2) is 11.4. The van der Waals surface area contributed by atoms with E-state index in [1.54, 1.807) is 0 Å². The quantitative estimate of drug-likeness (QED) is 0.293. The maximum atomic E-state index is 13.3. The molecule has 0 radical (unpaired) electrons. The topological polar surface area (TPSA) is 78.3 Å². The van der Waals surface area contributed by atoms with E-state index in [9.17, 15) is 9.90 Å². The van der Waals surface area contributed by atoms with Gasteiger partial charge in [-0.2, -0.15) is 0 Å². The monoisotopic (exact) mass is 578 g/mol. The fraction of sp³-hybridized carbons (Fsp3) is 0.433. The Morgan fingerprint density at radius 1 is 1.11 bits per heavy atom. The number of benzene rings is 2.